The molecular formula is C14H26N2. The molecule has 0 spiro atoms. The monoisotopic (exact) mass is 222 g/mol. The van der Waals surface area contributed by atoms with Crippen LogP contribution in [0.3, 0.4) is 0 Å². The van der Waals surface area contributed by atoms with E-state index in [4.69, 9.17) is 5.26 Å². The van der Waals surface area contributed by atoms with Gasteiger partial charge in [-0.05, 0) is 44.6 Å². The van der Waals surface area contributed by atoms with Crippen LogP contribution in [0.25, 0.3) is 0 Å². The Hall–Kier alpha value is -0.550. The maximum absolute atomic E-state index is 8.82. The lowest BCUT2D eigenvalue weighted by Crippen LogP contribution is -2.42. The second-order valence-corrected chi connectivity index (χ2v) is 5.99. The molecule has 0 heterocycles. The summed E-state index contributed by atoms with van der Waals surface area (Å²) in [7, 11) is 2.20. The van der Waals surface area contributed by atoms with Crippen molar-refractivity contribution in [2.75, 3.05) is 7.05 Å². The summed E-state index contributed by atoms with van der Waals surface area (Å²) < 4.78 is 0. The largest absolute Gasteiger partial charge is 0.299 e. The normalized spacial score (nSPS) is 23.0. The minimum Gasteiger partial charge on any atom is -0.299 e. The molecule has 1 atom stereocenters. The van der Waals surface area contributed by atoms with Gasteiger partial charge in [-0.25, -0.2) is 0 Å². The maximum Gasteiger partial charge on any atom is 0.0638 e. The lowest BCUT2D eigenvalue weighted by atomic mass is 9.75. The number of rotatable bonds is 4. The van der Waals surface area contributed by atoms with Gasteiger partial charge in [0.05, 0.1) is 12.5 Å². The van der Waals surface area contributed by atoms with Crippen LogP contribution in [0.2, 0.25) is 0 Å². The van der Waals surface area contributed by atoms with Crippen LogP contribution >= 0.6 is 0 Å². The molecule has 0 amide bonds. The van der Waals surface area contributed by atoms with E-state index >= 15 is 0 Å². The van der Waals surface area contributed by atoms with Crippen molar-refractivity contribution < 1.29 is 0 Å². The lowest BCUT2D eigenvalue weighted by molar-refractivity contribution is 0.0938. The topological polar surface area (TPSA) is 27.0 Å². The minimum atomic E-state index is 0.455. The number of hydrogen-bond acceptors (Lipinski definition) is 2. The predicted octanol–water partition coefficient (Wildman–Crippen LogP) is 3.58. The van der Waals surface area contributed by atoms with Crippen LogP contribution in [-0.2, 0) is 0 Å². The van der Waals surface area contributed by atoms with Gasteiger partial charge < -0.3 is 0 Å². The van der Waals surface area contributed by atoms with Crippen molar-refractivity contribution in [1.29, 1.82) is 5.26 Å². The molecule has 0 aromatic heterocycles. The van der Waals surface area contributed by atoms with E-state index in [9.17, 15) is 0 Å². The summed E-state index contributed by atoms with van der Waals surface area (Å²) in [6.07, 6.45) is 7.00. The van der Waals surface area contributed by atoms with E-state index in [2.05, 4.69) is 38.8 Å². The summed E-state index contributed by atoms with van der Waals surface area (Å²) in [6.45, 7) is 6.93. The third-order valence-electron chi connectivity index (χ3n) is 4.26. The Morgan fingerprint density at radius 2 is 1.94 bits per heavy atom. The first-order chi connectivity index (χ1) is 7.50. The van der Waals surface area contributed by atoms with E-state index in [1.54, 1.807) is 0 Å². The molecule has 0 aromatic rings. The van der Waals surface area contributed by atoms with Gasteiger partial charge in [0.15, 0.2) is 0 Å². The van der Waals surface area contributed by atoms with E-state index in [0.717, 1.165) is 6.42 Å². The zero-order valence-corrected chi connectivity index (χ0v) is 11.3. The summed E-state index contributed by atoms with van der Waals surface area (Å²) in [5.74, 6) is 0. The summed E-state index contributed by atoms with van der Waals surface area (Å²) in [6, 6.07) is 3.47. The van der Waals surface area contributed by atoms with Gasteiger partial charge in [-0.2, -0.15) is 5.26 Å². The highest BCUT2D eigenvalue weighted by Gasteiger charge is 2.30. The Labute approximate surface area is 101 Å². The predicted molar refractivity (Wildman–Crippen MR) is 68.1 cm³/mol. The molecule has 1 fully saturated rings. The molecule has 0 aromatic carbocycles. The van der Waals surface area contributed by atoms with E-state index in [1.807, 2.05) is 0 Å². The summed E-state index contributed by atoms with van der Waals surface area (Å²) >= 11 is 0. The van der Waals surface area contributed by atoms with Gasteiger partial charge in [-0.1, -0.05) is 20.8 Å². The van der Waals surface area contributed by atoms with Crippen LogP contribution in [-0.4, -0.2) is 24.0 Å². The fourth-order valence-corrected chi connectivity index (χ4v) is 2.77. The standard InChI is InChI=1S/C14H26N2/c1-5-12(8-11-15)16(4)13-6-9-14(2,3)10-7-13/h12-13H,5-10H2,1-4H3. The van der Waals surface area contributed by atoms with Crippen molar-refractivity contribution in [3.63, 3.8) is 0 Å². The molecule has 0 aliphatic heterocycles. The maximum atomic E-state index is 8.82. The van der Waals surface area contributed by atoms with Crippen molar-refractivity contribution in [2.24, 2.45) is 5.41 Å². The Bertz CT molecular complexity index is 242. The lowest BCUT2D eigenvalue weighted by Gasteiger charge is -2.41. The molecule has 0 radical (unpaired) electrons. The highest BCUT2D eigenvalue weighted by atomic mass is 15.2. The minimum absolute atomic E-state index is 0.455. The van der Waals surface area contributed by atoms with E-state index in [-0.39, 0.29) is 0 Å². The summed E-state index contributed by atoms with van der Waals surface area (Å²) in [5.41, 5.74) is 0.536. The van der Waals surface area contributed by atoms with Gasteiger partial charge in [-0.3, -0.25) is 4.90 Å². The van der Waals surface area contributed by atoms with E-state index in [1.165, 1.54) is 25.7 Å². The van der Waals surface area contributed by atoms with Gasteiger partial charge in [0, 0.05) is 12.1 Å². The van der Waals surface area contributed by atoms with Crippen molar-refractivity contribution in [3.05, 3.63) is 0 Å². The Balaban J connectivity index is 2.49. The molecule has 2 nitrogen and oxygen atoms in total. The highest BCUT2D eigenvalue weighted by molar-refractivity contribution is 4.88. The third-order valence-corrected chi connectivity index (χ3v) is 4.26. The first kappa shape index (κ1) is 13.5. The Morgan fingerprint density at radius 1 is 1.38 bits per heavy atom. The van der Waals surface area contributed by atoms with Crippen molar-refractivity contribution in [2.45, 2.75) is 71.4 Å². The van der Waals surface area contributed by atoms with Crippen LogP contribution in [0, 0.1) is 16.7 Å². The molecule has 1 rings (SSSR count). The van der Waals surface area contributed by atoms with Crippen molar-refractivity contribution >= 4 is 0 Å². The van der Waals surface area contributed by atoms with E-state index < -0.39 is 0 Å². The average Bonchev–Trinajstić information content (AvgIpc) is 2.25. The van der Waals surface area contributed by atoms with E-state index in [0.29, 0.717) is 23.9 Å². The quantitative estimate of drug-likeness (QED) is 0.727. The fraction of sp³-hybridized carbons (Fsp3) is 0.929. The van der Waals surface area contributed by atoms with Crippen LogP contribution < -0.4 is 0 Å². The first-order valence-electron chi connectivity index (χ1n) is 6.59. The number of nitriles is 1. The molecular weight excluding hydrogens is 196 g/mol. The van der Waals surface area contributed by atoms with Crippen LogP contribution in [0.4, 0.5) is 0 Å². The second-order valence-electron chi connectivity index (χ2n) is 5.99. The zero-order valence-electron chi connectivity index (χ0n) is 11.3. The van der Waals surface area contributed by atoms with Crippen LogP contribution in [0.15, 0.2) is 0 Å². The fourth-order valence-electron chi connectivity index (χ4n) is 2.77. The molecule has 16 heavy (non-hydrogen) atoms. The van der Waals surface area contributed by atoms with Crippen LogP contribution in [0.1, 0.15) is 59.3 Å². The summed E-state index contributed by atoms with van der Waals surface area (Å²) in [5, 5.41) is 8.82. The van der Waals surface area contributed by atoms with Gasteiger partial charge in [0.25, 0.3) is 0 Å². The Morgan fingerprint density at radius 3 is 2.38 bits per heavy atom. The molecule has 0 saturated heterocycles. The van der Waals surface area contributed by atoms with Gasteiger partial charge in [-0.15, -0.1) is 0 Å². The molecule has 0 bridgehead atoms. The number of hydrogen-bond donors (Lipinski definition) is 0. The zero-order chi connectivity index (χ0) is 12.2. The highest BCUT2D eigenvalue weighted by Crippen LogP contribution is 2.37. The smallest absolute Gasteiger partial charge is 0.0638 e. The molecule has 1 saturated carbocycles. The molecule has 2 heteroatoms. The summed E-state index contributed by atoms with van der Waals surface area (Å²) in [4.78, 5) is 2.46. The molecule has 1 aliphatic carbocycles. The van der Waals surface area contributed by atoms with Gasteiger partial charge in [0.2, 0.25) is 0 Å². The Kier molecular flexibility index (Phi) is 4.80. The van der Waals surface area contributed by atoms with Gasteiger partial charge >= 0.3 is 0 Å². The molecule has 1 unspecified atom stereocenters. The average molecular weight is 222 g/mol. The van der Waals surface area contributed by atoms with Gasteiger partial charge in [0.1, 0.15) is 0 Å². The first-order valence-corrected chi connectivity index (χ1v) is 6.59. The van der Waals surface area contributed by atoms with Crippen molar-refractivity contribution in [3.8, 4) is 6.07 Å². The molecule has 1 aliphatic rings. The van der Waals surface area contributed by atoms with Crippen LogP contribution in [0.5, 0.6) is 0 Å². The molecule has 0 N–H and O–H groups in total. The number of nitrogens with zero attached hydrogens (tertiary/aromatic N) is 2. The third kappa shape index (κ3) is 3.49. The van der Waals surface area contributed by atoms with Crippen molar-refractivity contribution in [1.82, 2.24) is 4.90 Å². The molecule has 92 valence electrons. The SMILES string of the molecule is CCC(CC#N)N(C)C1CCC(C)(C)CC1. The second kappa shape index (κ2) is 5.68.